The van der Waals surface area contributed by atoms with E-state index in [2.05, 4.69) is 4.74 Å². The minimum absolute atomic E-state index is 0.0154. The molecule has 190 valence electrons. The average molecular weight is 499 g/mol. The van der Waals surface area contributed by atoms with E-state index in [9.17, 15) is 27.2 Å². The molecule has 1 N–H and O–H groups in total. The minimum Gasteiger partial charge on any atom is -0.480 e. The highest BCUT2D eigenvalue weighted by Gasteiger charge is 2.32. The number of hydrogen-bond acceptors (Lipinski definition) is 5. The van der Waals surface area contributed by atoms with Crippen molar-refractivity contribution >= 4 is 23.4 Å². The summed E-state index contributed by atoms with van der Waals surface area (Å²) in [5.41, 5.74) is 0.0973. The van der Waals surface area contributed by atoms with Gasteiger partial charge in [0, 0.05) is 6.07 Å². The number of carbonyl (C=O) groups excluding carboxylic acids is 1. The number of nitrogens with zero attached hydrogens (tertiary/aromatic N) is 1. The fraction of sp³-hybridized carbons (Fsp3) is 0.417. The Balaban J connectivity index is 1.66. The predicted octanol–water partition coefficient (Wildman–Crippen LogP) is 5.91. The lowest BCUT2D eigenvalue weighted by Crippen LogP contribution is -2.30. The average Bonchev–Trinajstić information content (AvgIpc) is 2.78. The van der Waals surface area contributed by atoms with Gasteiger partial charge in [0.15, 0.2) is 0 Å². The normalized spacial score (nSPS) is 18.1. The number of halogens is 4. The highest BCUT2D eigenvalue weighted by atomic mass is 19.4. The Morgan fingerprint density at radius 2 is 1.54 bits per heavy atom. The maximum Gasteiger partial charge on any atom is 0.573 e. The van der Waals surface area contributed by atoms with Crippen molar-refractivity contribution in [3.05, 3.63) is 54.3 Å². The molecule has 0 atom stereocenters. The first-order chi connectivity index (χ1) is 16.6. The molecular formula is C24H25F4NO6. The van der Waals surface area contributed by atoms with Gasteiger partial charge in [0.1, 0.15) is 18.2 Å². The molecule has 0 heterocycles. The molecule has 0 aliphatic heterocycles. The second kappa shape index (κ2) is 11.9. The van der Waals surface area contributed by atoms with E-state index in [-0.39, 0.29) is 36.4 Å². The molecule has 0 aromatic heterocycles. The van der Waals surface area contributed by atoms with Gasteiger partial charge in [-0.1, -0.05) is 12.1 Å². The fourth-order valence-corrected chi connectivity index (χ4v) is 3.93. The van der Waals surface area contributed by atoms with Gasteiger partial charge in [0.25, 0.3) is 0 Å². The number of benzene rings is 2. The standard InChI is InChI=1S/C24H25F4NO6/c25-18-3-1-4-19(11-18)29(20-5-2-6-21(12-20)35-24(26,27)28)23(32)34-14-17-9-7-16(8-10-17)13-33-15-22(30)31/h1-6,11-12,16-17H,7-10,13-15H2,(H,30,31)/t16-,17-. The number of anilines is 2. The second-order valence-corrected chi connectivity index (χ2v) is 8.23. The van der Waals surface area contributed by atoms with Crippen LogP contribution in [0.1, 0.15) is 25.7 Å². The van der Waals surface area contributed by atoms with Gasteiger partial charge in [-0.15, -0.1) is 13.2 Å². The minimum atomic E-state index is -4.92. The second-order valence-electron chi connectivity index (χ2n) is 8.23. The Kier molecular flexibility index (Phi) is 8.91. The molecule has 1 aliphatic rings. The molecule has 0 bridgehead atoms. The van der Waals surface area contributed by atoms with Crippen LogP contribution in [0.15, 0.2) is 48.5 Å². The molecule has 35 heavy (non-hydrogen) atoms. The van der Waals surface area contributed by atoms with E-state index in [0.717, 1.165) is 48.8 Å². The van der Waals surface area contributed by atoms with E-state index in [1.54, 1.807) is 0 Å². The van der Waals surface area contributed by atoms with Gasteiger partial charge in [-0.05, 0) is 67.9 Å². The highest BCUT2D eigenvalue weighted by Crippen LogP contribution is 2.33. The van der Waals surface area contributed by atoms with Crippen molar-refractivity contribution in [2.45, 2.75) is 32.0 Å². The predicted molar refractivity (Wildman–Crippen MR) is 117 cm³/mol. The zero-order chi connectivity index (χ0) is 25.4. The molecule has 1 fully saturated rings. The Morgan fingerprint density at radius 3 is 2.14 bits per heavy atom. The number of alkyl halides is 3. The number of carboxylic acids is 1. The summed E-state index contributed by atoms with van der Waals surface area (Å²) in [6.45, 7) is 0.0806. The maximum absolute atomic E-state index is 13.9. The van der Waals surface area contributed by atoms with Gasteiger partial charge in [0.2, 0.25) is 0 Å². The van der Waals surface area contributed by atoms with E-state index in [0.29, 0.717) is 6.61 Å². The number of carboxylic acid groups (broad SMARTS) is 1. The monoisotopic (exact) mass is 499 g/mol. The van der Waals surface area contributed by atoms with E-state index in [1.165, 1.54) is 30.3 Å². The molecule has 11 heteroatoms. The molecule has 0 spiro atoms. The topological polar surface area (TPSA) is 85.3 Å². The van der Waals surface area contributed by atoms with Crippen LogP contribution in [-0.4, -0.2) is 43.4 Å². The first-order valence-corrected chi connectivity index (χ1v) is 11.0. The largest absolute Gasteiger partial charge is 0.573 e. The van der Waals surface area contributed by atoms with Crippen LogP contribution in [-0.2, 0) is 14.3 Å². The van der Waals surface area contributed by atoms with Gasteiger partial charge in [-0.2, -0.15) is 0 Å². The third-order valence-corrected chi connectivity index (χ3v) is 5.55. The molecule has 1 saturated carbocycles. The van der Waals surface area contributed by atoms with Crippen LogP contribution in [0.2, 0.25) is 0 Å². The van der Waals surface area contributed by atoms with Gasteiger partial charge in [-0.3, -0.25) is 0 Å². The fourth-order valence-electron chi connectivity index (χ4n) is 3.93. The van der Waals surface area contributed by atoms with Crippen molar-refractivity contribution < 1.29 is 46.5 Å². The first-order valence-electron chi connectivity index (χ1n) is 11.0. The molecule has 1 aliphatic carbocycles. The molecule has 2 aromatic rings. The summed E-state index contributed by atoms with van der Waals surface area (Å²) in [5.74, 6) is -1.91. The zero-order valence-corrected chi connectivity index (χ0v) is 18.7. The zero-order valence-electron chi connectivity index (χ0n) is 18.7. The number of amides is 1. The molecular weight excluding hydrogens is 474 g/mol. The summed E-state index contributed by atoms with van der Waals surface area (Å²) in [7, 11) is 0. The number of hydrogen-bond donors (Lipinski definition) is 1. The van der Waals surface area contributed by atoms with Crippen molar-refractivity contribution in [2.24, 2.45) is 11.8 Å². The Morgan fingerprint density at radius 1 is 0.943 bits per heavy atom. The molecule has 0 unspecified atom stereocenters. The van der Waals surface area contributed by atoms with Crippen LogP contribution < -0.4 is 9.64 Å². The molecule has 7 nitrogen and oxygen atoms in total. The number of ether oxygens (including phenoxy) is 3. The summed E-state index contributed by atoms with van der Waals surface area (Å²) >= 11 is 0. The first kappa shape index (κ1) is 26.3. The lowest BCUT2D eigenvalue weighted by molar-refractivity contribution is -0.274. The molecule has 2 aromatic carbocycles. The molecule has 1 amide bonds. The summed E-state index contributed by atoms with van der Waals surface area (Å²) in [4.78, 5) is 24.5. The van der Waals surface area contributed by atoms with Crippen LogP contribution >= 0.6 is 0 Å². The molecule has 3 rings (SSSR count). The van der Waals surface area contributed by atoms with Crippen LogP contribution in [0.4, 0.5) is 33.7 Å². The Bertz CT molecular complexity index is 1010. The van der Waals surface area contributed by atoms with E-state index in [4.69, 9.17) is 14.6 Å². The van der Waals surface area contributed by atoms with Gasteiger partial charge >= 0.3 is 18.4 Å². The van der Waals surface area contributed by atoms with Gasteiger partial charge < -0.3 is 19.3 Å². The van der Waals surface area contributed by atoms with Crippen molar-refractivity contribution in [3.8, 4) is 5.75 Å². The van der Waals surface area contributed by atoms with Crippen molar-refractivity contribution in [2.75, 3.05) is 24.7 Å². The van der Waals surface area contributed by atoms with E-state index in [1.807, 2.05) is 0 Å². The van der Waals surface area contributed by atoms with Crippen LogP contribution in [0.25, 0.3) is 0 Å². The Labute approximate surface area is 199 Å². The quantitative estimate of drug-likeness (QED) is 0.432. The van der Waals surface area contributed by atoms with E-state index < -0.39 is 30.0 Å². The van der Waals surface area contributed by atoms with Crippen molar-refractivity contribution in [1.29, 1.82) is 0 Å². The van der Waals surface area contributed by atoms with Gasteiger partial charge in [-0.25, -0.2) is 18.9 Å². The third kappa shape index (κ3) is 8.43. The summed E-state index contributed by atoms with van der Waals surface area (Å²) in [5, 5.41) is 8.64. The summed E-state index contributed by atoms with van der Waals surface area (Å²) in [6.07, 6.45) is -2.74. The maximum atomic E-state index is 13.9. The number of carbonyl (C=O) groups is 2. The van der Waals surface area contributed by atoms with Crippen LogP contribution in [0.3, 0.4) is 0 Å². The smallest absolute Gasteiger partial charge is 0.480 e. The third-order valence-electron chi connectivity index (χ3n) is 5.55. The lowest BCUT2D eigenvalue weighted by Gasteiger charge is -2.29. The number of aliphatic carboxylic acids is 1. The molecule has 0 radical (unpaired) electrons. The lowest BCUT2D eigenvalue weighted by atomic mass is 9.83. The molecule has 0 saturated heterocycles. The van der Waals surface area contributed by atoms with E-state index >= 15 is 0 Å². The van der Waals surface area contributed by atoms with Crippen LogP contribution in [0, 0.1) is 17.7 Å². The van der Waals surface area contributed by atoms with Crippen molar-refractivity contribution in [1.82, 2.24) is 0 Å². The van der Waals surface area contributed by atoms with Crippen molar-refractivity contribution in [3.63, 3.8) is 0 Å². The summed E-state index contributed by atoms with van der Waals surface area (Å²) < 4.78 is 66.4. The summed E-state index contributed by atoms with van der Waals surface area (Å²) in [6, 6.07) is 9.82. The number of rotatable bonds is 9. The SMILES string of the molecule is O=C(O)COC[C@H]1CC[C@H](COC(=O)N(c2cccc(F)c2)c2cccc(OC(F)(F)F)c2)CC1. The van der Waals surface area contributed by atoms with Gasteiger partial charge in [0.05, 0.1) is 24.6 Å². The van der Waals surface area contributed by atoms with Crippen LogP contribution in [0.5, 0.6) is 5.75 Å². The highest BCUT2D eigenvalue weighted by molar-refractivity contribution is 5.96. The Hall–Kier alpha value is -3.34.